The zero-order valence-electron chi connectivity index (χ0n) is 12.5. The highest BCUT2D eigenvalue weighted by molar-refractivity contribution is 5.99. The Morgan fingerprint density at radius 1 is 1.18 bits per heavy atom. The van der Waals surface area contributed by atoms with E-state index in [0.29, 0.717) is 11.3 Å². The molecular formula is C17H17N3O2. The molecule has 0 atom stereocenters. The number of ether oxygens (including phenoxy) is 1. The minimum Gasteiger partial charge on any atom is -0.497 e. The Balaban J connectivity index is 1.94. The fourth-order valence-corrected chi connectivity index (χ4v) is 1.68. The Morgan fingerprint density at radius 2 is 1.86 bits per heavy atom. The summed E-state index contributed by atoms with van der Waals surface area (Å²) in [6.07, 6.45) is 6.87. The van der Waals surface area contributed by atoms with Gasteiger partial charge in [-0.15, -0.1) is 0 Å². The lowest BCUT2D eigenvalue weighted by Gasteiger charge is -2.00. The highest BCUT2D eigenvalue weighted by Gasteiger charge is 2.02. The zero-order chi connectivity index (χ0) is 15.8. The monoisotopic (exact) mass is 295 g/mol. The van der Waals surface area contributed by atoms with Gasteiger partial charge < -0.3 is 4.74 Å². The van der Waals surface area contributed by atoms with E-state index in [-0.39, 0.29) is 5.91 Å². The van der Waals surface area contributed by atoms with Crippen LogP contribution in [0.5, 0.6) is 5.75 Å². The molecule has 112 valence electrons. The van der Waals surface area contributed by atoms with Crippen molar-refractivity contribution in [1.82, 2.24) is 10.4 Å². The van der Waals surface area contributed by atoms with E-state index in [9.17, 15) is 4.79 Å². The molecule has 5 heteroatoms. The average Bonchev–Trinajstić information content (AvgIpc) is 2.59. The summed E-state index contributed by atoms with van der Waals surface area (Å²) < 4.78 is 5.10. The Morgan fingerprint density at radius 3 is 2.50 bits per heavy atom. The number of carbonyl (C=O) groups excluding carboxylic acids is 1. The molecule has 0 unspecified atom stereocenters. The second-order valence-corrected chi connectivity index (χ2v) is 4.54. The number of hydrogen-bond acceptors (Lipinski definition) is 4. The predicted molar refractivity (Wildman–Crippen MR) is 86.8 cm³/mol. The number of rotatable bonds is 5. The molecule has 2 aromatic rings. The van der Waals surface area contributed by atoms with Crippen LogP contribution in [0.15, 0.2) is 60.0 Å². The molecule has 0 aliphatic carbocycles. The number of allylic oxidation sites excluding steroid dienone is 1. The summed E-state index contributed by atoms with van der Waals surface area (Å²) in [4.78, 5) is 15.7. The lowest BCUT2D eigenvalue weighted by Crippen LogP contribution is -2.18. The lowest BCUT2D eigenvalue weighted by molar-refractivity contribution is 0.0954. The van der Waals surface area contributed by atoms with Crippen LogP contribution in [0.4, 0.5) is 0 Å². The van der Waals surface area contributed by atoms with Crippen LogP contribution in [0.1, 0.15) is 22.8 Å². The van der Waals surface area contributed by atoms with Crippen LogP contribution in [0, 0.1) is 0 Å². The number of nitrogens with one attached hydrogen (secondary N) is 1. The Labute approximate surface area is 129 Å². The average molecular weight is 295 g/mol. The van der Waals surface area contributed by atoms with Crippen molar-refractivity contribution >= 4 is 17.7 Å². The molecule has 0 saturated carbocycles. The first-order valence-corrected chi connectivity index (χ1v) is 6.76. The molecule has 0 aliphatic heterocycles. The van der Waals surface area contributed by atoms with Gasteiger partial charge in [0.25, 0.3) is 5.91 Å². The van der Waals surface area contributed by atoms with E-state index in [1.165, 1.54) is 0 Å². The molecule has 1 heterocycles. The van der Waals surface area contributed by atoms with Crippen molar-refractivity contribution < 1.29 is 9.53 Å². The van der Waals surface area contributed by atoms with Crippen molar-refractivity contribution in [3.8, 4) is 5.75 Å². The molecule has 5 nitrogen and oxygen atoms in total. The number of benzene rings is 1. The fourth-order valence-electron chi connectivity index (χ4n) is 1.68. The number of hydrogen-bond donors (Lipinski definition) is 1. The number of methoxy groups -OCH3 is 1. The third-order valence-electron chi connectivity index (χ3n) is 2.91. The minimum atomic E-state index is -0.264. The van der Waals surface area contributed by atoms with Gasteiger partial charge in [-0.25, -0.2) is 5.43 Å². The van der Waals surface area contributed by atoms with E-state index in [4.69, 9.17) is 4.74 Å². The molecule has 1 amide bonds. The molecule has 0 fully saturated rings. The number of pyridine rings is 1. The van der Waals surface area contributed by atoms with E-state index in [1.807, 2.05) is 43.3 Å². The highest BCUT2D eigenvalue weighted by Crippen LogP contribution is 2.12. The molecule has 0 radical (unpaired) electrons. The van der Waals surface area contributed by atoms with Crippen LogP contribution < -0.4 is 10.2 Å². The molecule has 22 heavy (non-hydrogen) atoms. The summed E-state index contributed by atoms with van der Waals surface area (Å²) in [6.45, 7) is 1.81. The van der Waals surface area contributed by atoms with Gasteiger partial charge in [-0.3, -0.25) is 9.78 Å². The first kappa shape index (κ1) is 15.4. The maximum atomic E-state index is 11.8. The minimum absolute atomic E-state index is 0.264. The number of hydrazone groups is 1. The van der Waals surface area contributed by atoms with Gasteiger partial charge >= 0.3 is 0 Å². The topological polar surface area (TPSA) is 63.6 Å². The maximum absolute atomic E-state index is 11.8. The number of aromatic nitrogens is 1. The van der Waals surface area contributed by atoms with Gasteiger partial charge in [0.2, 0.25) is 0 Å². The smallest absolute Gasteiger partial charge is 0.271 e. The van der Waals surface area contributed by atoms with Gasteiger partial charge in [-0.05, 0) is 42.8 Å². The summed E-state index contributed by atoms with van der Waals surface area (Å²) in [5.41, 5.74) is 4.74. The first-order chi connectivity index (χ1) is 10.7. The number of nitrogens with zero attached hydrogens (tertiary/aromatic N) is 2. The van der Waals surface area contributed by atoms with Gasteiger partial charge in [-0.1, -0.05) is 18.2 Å². The van der Waals surface area contributed by atoms with Crippen molar-refractivity contribution in [3.05, 3.63) is 66.0 Å². The molecule has 0 aliphatic rings. The van der Waals surface area contributed by atoms with Gasteiger partial charge in [-0.2, -0.15) is 5.10 Å². The summed E-state index contributed by atoms with van der Waals surface area (Å²) in [6, 6.07) is 10.9. The first-order valence-electron chi connectivity index (χ1n) is 6.76. The van der Waals surface area contributed by atoms with Crippen LogP contribution in [-0.4, -0.2) is 23.7 Å². The third kappa shape index (κ3) is 4.56. The van der Waals surface area contributed by atoms with E-state index in [2.05, 4.69) is 15.5 Å². The van der Waals surface area contributed by atoms with Gasteiger partial charge in [0, 0.05) is 18.0 Å². The molecule has 1 aromatic carbocycles. The number of amides is 1. The standard InChI is InChI=1S/C17H17N3O2/c1-13(3-4-14-5-7-16(22-2)8-6-14)19-20-17(21)15-9-11-18-12-10-15/h3-12H,1-2H3,(H,20,21)/b4-3-,19-13-. The second kappa shape index (κ2) is 7.73. The number of carbonyl (C=O) groups is 1. The quantitative estimate of drug-likeness (QED) is 0.681. The predicted octanol–water partition coefficient (Wildman–Crippen LogP) is 2.91. The van der Waals surface area contributed by atoms with Gasteiger partial charge in [0.1, 0.15) is 5.75 Å². The van der Waals surface area contributed by atoms with E-state index in [1.54, 1.807) is 31.6 Å². The third-order valence-corrected chi connectivity index (χ3v) is 2.91. The van der Waals surface area contributed by atoms with Crippen molar-refractivity contribution in [1.29, 1.82) is 0 Å². The molecule has 1 N–H and O–H groups in total. The summed E-state index contributed by atoms with van der Waals surface area (Å²) in [7, 11) is 1.63. The van der Waals surface area contributed by atoms with Crippen molar-refractivity contribution in [3.63, 3.8) is 0 Å². The van der Waals surface area contributed by atoms with E-state index < -0.39 is 0 Å². The van der Waals surface area contributed by atoms with Crippen LogP contribution in [0.2, 0.25) is 0 Å². The lowest BCUT2D eigenvalue weighted by atomic mass is 10.2. The van der Waals surface area contributed by atoms with Crippen LogP contribution in [-0.2, 0) is 0 Å². The van der Waals surface area contributed by atoms with Gasteiger partial charge in [0.05, 0.1) is 12.8 Å². The summed E-state index contributed by atoms with van der Waals surface area (Å²) in [5, 5.41) is 4.03. The van der Waals surface area contributed by atoms with Gasteiger partial charge in [0.15, 0.2) is 0 Å². The highest BCUT2D eigenvalue weighted by atomic mass is 16.5. The summed E-state index contributed by atoms with van der Waals surface area (Å²) in [5.74, 6) is 0.548. The Bertz CT molecular complexity index is 677. The molecule has 0 bridgehead atoms. The molecule has 2 rings (SSSR count). The fraction of sp³-hybridized carbons (Fsp3) is 0.118. The van der Waals surface area contributed by atoms with Crippen molar-refractivity contribution in [2.45, 2.75) is 6.92 Å². The second-order valence-electron chi connectivity index (χ2n) is 4.54. The van der Waals surface area contributed by atoms with E-state index in [0.717, 1.165) is 11.3 Å². The van der Waals surface area contributed by atoms with Crippen molar-refractivity contribution in [2.75, 3.05) is 7.11 Å². The van der Waals surface area contributed by atoms with Crippen molar-refractivity contribution in [2.24, 2.45) is 5.10 Å². The molecule has 1 aromatic heterocycles. The summed E-state index contributed by atoms with van der Waals surface area (Å²) >= 11 is 0. The molecule has 0 spiro atoms. The van der Waals surface area contributed by atoms with Crippen LogP contribution >= 0.6 is 0 Å². The Kier molecular flexibility index (Phi) is 5.43. The molecular weight excluding hydrogens is 278 g/mol. The molecule has 0 saturated heterocycles. The van der Waals surface area contributed by atoms with Crippen LogP contribution in [0.3, 0.4) is 0 Å². The van der Waals surface area contributed by atoms with E-state index >= 15 is 0 Å². The normalized spacial score (nSPS) is 11.5. The Hall–Kier alpha value is -2.95. The van der Waals surface area contributed by atoms with Crippen LogP contribution in [0.25, 0.3) is 6.08 Å². The largest absolute Gasteiger partial charge is 0.497 e. The SMILES string of the molecule is COc1ccc(/C=C\C(C)=N/NC(=O)c2ccncc2)cc1. The maximum Gasteiger partial charge on any atom is 0.271 e. The zero-order valence-corrected chi connectivity index (χ0v) is 12.5.